The van der Waals surface area contributed by atoms with Crippen molar-refractivity contribution in [3.05, 3.63) is 135 Å². The van der Waals surface area contributed by atoms with Crippen molar-refractivity contribution in [1.82, 2.24) is 0 Å². The number of ether oxygens (including phenoxy) is 1. The zero-order valence-corrected chi connectivity index (χ0v) is 19.6. The van der Waals surface area contributed by atoms with Crippen LogP contribution in [0.2, 0.25) is 0 Å². The Morgan fingerprint density at radius 2 is 1.52 bits per heavy atom. The van der Waals surface area contributed by atoms with Gasteiger partial charge >= 0.3 is 0 Å². The van der Waals surface area contributed by atoms with Crippen LogP contribution in [0.3, 0.4) is 0 Å². The third-order valence-corrected chi connectivity index (χ3v) is 7.78. The number of para-hydroxylation sites is 1. The van der Waals surface area contributed by atoms with Gasteiger partial charge in [-0.15, -0.1) is 0 Å². The van der Waals surface area contributed by atoms with Gasteiger partial charge in [-0.3, -0.25) is 0 Å². The van der Waals surface area contributed by atoms with Gasteiger partial charge in [0.25, 0.3) is 0 Å². The lowest BCUT2D eigenvalue weighted by molar-refractivity contribution is 0.435. The molecule has 0 N–H and O–H groups in total. The van der Waals surface area contributed by atoms with E-state index in [0.717, 1.165) is 28.8 Å². The average molecular weight is 489 g/mol. The average Bonchev–Trinajstić information content (AvgIpc) is 3.16. The first-order valence-corrected chi connectivity index (χ1v) is 12.2. The van der Waals surface area contributed by atoms with Gasteiger partial charge in [0.1, 0.15) is 11.5 Å². The second-order valence-corrected chi connectivity index (χ2v) is 9.86. The summed E-state index contributed by atoms with van der Waals surface area (Å²) in [6, 6.07) is 32.7. The highest BCUT2D eigenvalue weighted by molar-refractivity contribution is 9.10. The fourth-order valence-corrected chi connectivity index (χ4v) is 6.32. The highest BCUT2D eigenvalue weighted by atomic mass is 79.9. The van der Waals surface area contributed by atoms with Gasteiger partial charge in [0.15, 0.2) is 0 Å². The van der Waals surface area contributed by atoms with E-state index in [4.69, 9.17) is 4.74 Å². The lowest BCUT2D eigenvalue weighted by Crippen LogP contribution is -2.33. The molecule has 0 aromatic heterocycles. The van der Waals surface area contributed by atoms with Crippen LogP contribution in [0, 0.1) is 0 Å². The van der Waals surface area contributed by atoms with Crippen molar-refractivity contribution in [2.75, 3.05) is 0 Å². The van der Waals surface area contributed by atoms with Crippen molar-refractivity contribution in [2.45, 2.75) is 18.3 Å². The van der Waals surface area contributed by atoms with E-state index in [-0.39, 0.29) is 5.41 Å². The number of rotatable bonds is 1. The number of hydrogen-bond donors (Lipinski definition) is 0. The molecule has 1 nitrogen and oxygen atoms in total. The van der Waals surface area contributed by atoms with Gasteiger partial charge in [-0.2, -0.15) is 0 Å². The fraction of sp³-hybridized carbons (Fsp3) is 0.0968. The first-order chi connectivity index (χ1) is 16.3. The molecule has 0 saturated heterocycles. The molecule has 7 rings (SSSR count). The molecule has 158 valence electrons. The molecule has 0 saturated carbocycles. The Labute approximate surface area is 202 Å². The molecule has 0 amide bonds. The van der Waals surface area contributed by atoms with Crippen LogP contribution < -0.4 is 4.74 Å². The van der Waals surface area contributed by atoms with Crippen LogP contribution in [0.1, 0.15) is 35.1 Å². The number of allylic oxidation sites excluding steroid dienone is 4. The van der Waals surface area contributed by atoms with Gasteiger partial charge in [-0.25, -0.2) is 0 Å². The summed E-state index contributed by atoms with van der Waals surface area (Å²) in [6.45, 7) is 0. The molecule has 1 atom stereocenters. The summed E-state index contributed by atoms with van der Waals surface area (Å²) in [5, 5.41) is 0. The van der Waals surface area contributed by atoms with Crippen LogP contribution in [0.25, 0.3) is 16.7 Å². The molecule has 4 aromatic rings. The Morgan fingerprint density at radius 1 is 0.697 bits per heavy atom. The Balaban J connectivity index is 1.63. The summed E-state index contributed by atoms with van der Waals surface area (Å²) in [5.74, 6) is 1.87. The van der Waals surface area contributed by atoms with E-state index in [1.807, 2.05) is 0 Å². The minimum Gasteiger partial charge on any atom is -0.457 e. The van der Waals surface area contributed by atoms with E-state index in [1.165, 1.54) is 44.5 Å². The standard InChI is InChI=1S/C31H21BrO/c32-22-15-17-30-28(19-22)31(26-12-6-7-13-29(26)33-30)25-11-5-4-10-23(25)24-16-14-21(18-27(24)31)20-8-2-1-3-9-20/h1-3,5-9,11-19H,4,10H2. The summed E-state index contributed by atoms with van der Waals surface area (Å²) in [6.07, 6.45) is 6.85. The van der Waals surface area contributed by atoms with E-state index < -0.39 is 0 Å². The minimum absolute atomic E-state index is 0.389. The fourth-order valence-electron chi connectivity index (χ4n) is 5.96. The van der Waals surface area contributed by atoms with E-state index in [1.54, 1.807) is 0 Å². The lowest BCUT2D eigenvalue weighted by Gasteiger charge is -2.40. The van der Waals surface area contributed by atoms with E-state index in [2.05, 4.69) is 119 Å². The second kappa shape index (κ2) is 7.07. The van der Waals surface area contributed by atoms with Crippen LogP contribution in [-0.2, 0) is 5.41 Å². The summed E-state index contributed by atoms with van der Waals surface area (Å²) in [5.41, 5.74) is 10.1. The summed E-state index contributed by atoms with van der Waals surface area (Å²) in [4.78, 5) is 0. The Bertz CT molecular complexity index is 1490. The van der Waals surface area contributed by atoms with Crippen LogP contribution in [-0.4, -0.2) is 0 Å². The zero-order valence-electron chi connectivity index (χ0n) is 18.0. The molecule has 3 aliphatic rings. The van der Waals surface area contributed by atoms with Gasteiger partial charge < -0.3 is 4.74 Å². The topological polar surface area (TPSA) is 9.23 Å². The smallest absolute Gasteiger partial charge is 0.132 e. The minimum atomic E-state index is -0.389. The summed E-state index contributed by atoms with van der Waals surface area (Å²) < 4.78 is 7.53. The van der Waals surface area contributed by atoms with Gasteiger partial charge in [-0.1, -0.05) is 88.7 Å². The Kier molecular flexibility index (Phi) is 4.10. The van der Waals surface area contributed by atoms with Crippen LogP contribution in [0.5, 0.6) is 11.5 Å². The number of benzene rings is 4. The van der Waals surface area contributed by atoms with Gasteiger partial charge in [-0.05, 0) is 76.6 Å². The summed E-state index contributed by atoms with van der Waals surface area (Å²) >= 11 is 3.75. The highest BCUT2D eigenvalue weighted by Gasteiger charge is 2.52. The van der Waals surface area contributed by atoms with Gasteiger partial charge in [0.2, 0.25) is 0 Å². The van der Waals surface area contributed by atoms with E-state index in [0.29, 0.717) is 0 Å². The van der Waals surface area contributed by atoms with E-state index >= 15 is 0 Å². The van der Waals surface area contributed by atoms with Crippen LogP contribution >= 0.6 is 15.9 Å². The Hall–Kier alpha value is -3.36. The predicted octanol–water partition coefficient (Wildman–Crippen LogP) is 8.67. The van der Waals surface area contributed by atoms with Crippen molar-refractivity contribution < 1.29 is 4.74 Å². The lowest BCUT2D eigenvalue weighted by atomic mass is 9.64. The molecular weight excluding hydrogens is 468 g/mol. The molecule has 33 heavy (non-hydrogen) atoms. The van der Waals surface area contributed by atoms with Gasteiger partial charge in [0, 0.05) is 15.6 Å². The first-order valence-electron chi connectivity index (χ1n) is 11.4. The number of fused-ring (bicyclic) bond motifs is 8. The van der Waals surface area contributed by atoms with Gasteiger partial charge in [0.05, 0.1) is 5.41 Å². The molecule has 1 aliphatic heterocycles. The maximum atomic E-state index is 6.46. The second-order valence-electron chi connectivity index (χ2n) is 8.95. The molecule has 1 heterocycles. The maximum Gasteiger partial charge on any atom is 0.132 e. The molecule has 0 bridgehead atoms. The van der Waals surface area contributed by atoms with Crippen LogP contribution in [0.4, 0.5) is 0 Å². The summed E-state index contributed by atoms with van der Waals surface area (Å²) in [7, 11) is 0. The largest absolute Gasteiger partial charge is 0.457 e. The predicted molar refractivity (Wildman–Crippen MR) is 138 cm³/mol. The van der Waals surface area contributed by atoms with Crippen molar-refractivity contribution in [3.63, 3.8) is 0 Å². The molecule has 2 heteroatoms. The highest BCUT2D eigenvalue weighted by Crippen LogP contribution is 2.63. The quantitative estimate of drug-likeness (QED) is 0.260. The molecule has 1 unspecified atom stereocenters. The molecule has 2 aliphatic carbocycles. The van der Waals surface area contributed by atoms with Crippen LogP contribution in [0.15, 0.2) is 113 Å². The number of hydrogen-bond acceptors (Lipinski definition) is 1. The van der Waals surface area contributed by atoms with Crippen molar-refractivity contribution >= 4 is 21.5 Å². The van der Waals surface area contributed by atoms with Crippen molar-refractivity contribution in [2.24, 2.45) is 0 Å². The monoisotopic (exact) mass is 488 g/mol. The van der Waals surface area contributed by atoms with E-state index in [9.17, 15) is 0 Å². The van der Waals surface area contributed by atoms with Crippen molar-refractivity contribution in [1.29, 1.82) is 0 Å². The normalized spacial score (nSPS) is 19.5. The maximum absolute atomic E-state index is 6.46. The molecular formula is C31H21BrO. The Morgan fingerprint density at radius 3 is 2.42 bits per heavy atom. The molecule has 0 fully saturated rings. The SMILES string of the molecule is Brc1ccc2c(c1)C1(C3=C(CCC=C3)c3ccc(-c4ccccc4)cc31)c1ccccc1O2. The third-order valence-electron chi connectivity index (χ3n) is 7.29. The molecule has 0 radical (unpaired) electrons. The zero-order chi connectivity index (χ0) is 22.0. The first kappa shape index (κ1) is 19.1. The number of halogens is 1. The van der Waals surface area contributed by atoms with Crippen molar-refractivity contribution in [3.8, 4) is 22.6 Å². The molecule has 1 spiro atoms. The third kappa shape index (κ3) is 2.59. The molecule has 4 aromatic carbocycles.